The summed E-state index contributed by atoms with van der Waals surface area (Å²) in [6.45, 7) is 6.01. The van der Waals surface area contributed by atoms with Gasteiger partial charge in [0.1, 0.15) is 11.8 Å². The standard InChI is InChI=1S/C24H30ClFO6/c1-11-5-14-13-6-17(26)15-7-18(28)16(25)8-22(15,3)21(13)19(29)9-23(14,4)24(11,31)20(30)10-32-12(2)27/h7-8,11,13-14,17,19,21,29,31H,5-6,9-10H2,1-4H3/t11-,13+,14+,17+,19+,21-,22+,23+,24+/m1/s1. The highest BCUT2D eigenvalue weighted by atomic mass is 35.5. The van der Waals surface area contributed by atoms with Crippen LogP contribution in [0.3, 0.4) is 0 Å². The van der Waals surface area contributed by atoms with E-state index >= 15 is 4.39 Å². The van der Waals surface area contributed by atoms with E-state index in [9.17, 15) is 24.6 Å². The van der Waals surface area contributed by atoms with Crippen molar-refractivity contribution in [1.82, 2.24) is 0 Å². The molecule has 0 aromatic carbocycles. The van der Waals surface area contributed by atoms with E-state index < -0.39 is 64.7 Å². The molecule has 0 bridgehead atoms. The number of aliphatic hydroxyl groups excluding tert-OH is 1. The van der Waals surface area contributed by atoms with Crippen molar-refractivity contribution in [3.8, 4) is 0 Å². The fraction of sp³-hybridized carbons (Fsp3) is 0.708. The lowest BCUT2D eigenvalue weighted by Gasteiger charge is -2.60. The highest BCUT2D eigenvalue weighted by Crippen LogP contribution is 2.68. The highest BCUT2D eigenvalue weighted by Gasteiger charge is 2.71. The molecule has 176 valence electrons. The molecule has 9 atom stereocenters. The van der Waals surface area contributed by atoms with Crippen LogP contribution >= 0.6 is 11.6 Å². The van der Waals surface area contributed by atoms with Gasteiger partial charge in [-0.3, -0.25) is 14.4 Å². The van der Waals surface area contributed by atoms with Gasteiger partial charge in [-0.1, -0.05) is 38.4 Å². The molecular weight excluding hydrogens is 439 g/mol. The Labute approximate surface area is 191 Å². The Morgan fingerprint density at radius 1 is 1.31 bits per heavy atom. The monoisotopic (exact) mass is 468 g/mol. The van der Waals surface area contributed by atoms with Gasteiger partial charge in [-0.05, 0) is 48.7 Å². The third-order valence-electron chi connectivity index (χ3n) is 8.95. The van der Waals surface area contributed by atoms with Crippen LogP contribution in [0.4, 0.5) is 4.39 Å². The van der Waals surface area contributed by atoms with E-state index in [0.717, 1.165) is 0 Å². The zero-order chi connectivity index (χ0) is 23.8. The molecule has 0 radical (unpaired) electrons. The topological polar surface area (TPSA) is 101 Å². The maximum absolute atomic E-state index is 15.4. The summed E-state index contributed by atoms with van der Waals surface area (Å²) in [6, 6.07) is 0. The minimum atomic E-state index is -1.81. The summed E-state index contributed by atoms with van der Waals surface area (Å²) >= 11 is 6.15. The van der Waals surface area contributed by atoms with Crippen LogP contribution in [-0.2, 0) is 19.1 Å². The van der Waals surface area contributed by atoms with Gasteiger partial charge in [0.05, 0.1) is 11.1 Å². The van der Waals surface area contributed by atoms with Crippen molar-refractivity contribution in [3.63, 3.8) is 0 Å². The van der Waals surface area contributed by atoms with E-state index in [1.54, 1.807) is 26.8 Å². The molecule has 2 N–H and O–H groups in total. The first kappa shape index (κ1) is 23.6. The van der Waals surface area contributed by atoms with Crippen LogP contribution in [0.25, 0.3) is 0 Å². The van der Waals surface area contributed by atoms with Crippen LogP contribution in [0.2, 0.25) is 0 Å². The SMILES string of the molecule is CC(=O)OCC(=O)[C@@]1(O)[C@H](C)C[C@H]2[C@@H]3C[C@H](F)C4=CC(=O)C(Cl)=C[C@]4(C)[C@H]3[C@@H](O)C[C@@]21C. The first-order valence-corrected chi connectivity index (χ1v) is 11.5. The molecule has 4 rings (SSSR count). The smallest absolute Gasteiger partial charge is 0.303 e. The fourth-order valence-electron chi connectivity index (χ4n) is 7.60. The van der Waals surface area contributed by atoms with Crippen molar-refractivity contribution in [2.45, 2.75) is 64.8 Å². The lowest BCUT2D eigenvalue weighted by Crippen LogP contribution is -2.63. The predicted octanol–water partition coefficient (Wildman–Crippen LogP) is 2.89. The van der Waals surface area contributed by atoms with Crippen LogP contribution < -0.4 is 0 Å². The van der Waals surface area contributed by atoms with E-state index in [-0.39, 0.29) is 29.7 Å². The second kappa shape index (κ2) is 7.47. The lowest BCUT2D eigenvalue weighted by atomic mass is 9.46. The Balaban J connectivity index is 1.75. The average molecular weight is 469 g/mol. The number of esters is 1. The third kappa shape index (κ3) is 3.00. The van der Waals surface area contributed by atoms with Gasteiger partial charge in [-0.15, -0.1) is 0 Å². The number of ketones is 2. The summed E-state index contributed by atoms with van der Waals surface area (Å²) in [5, 5.41) is 23.1. The number of fused-ring (bicyclic) bond motifs is 5. The number of hydrogen-bond donors (Lipinski definition) is 2. The van der Waals surface area contributed by atoms with Crippen molar-refractivity contribution in [3.05, 3.63) is 22.8 Å². The maximum Gasteiger partial charge on any atom is 0.303 e. The number of halogens is 2. The summed E-state index contributed by atoms with van der Waals surface area (Å²) in [5.74, 6) is -3.07. The number of ether oxygens (including phenoxy) is 1. The largest absolute Gasteiger partial charge is 0.458 e. The fourth-order valence-corrected chi connectivity index (χ4v) is 7.88. The van der Waals surface area contributed by atoms with Gasteiger partial charge < -0.3 is 14.9 Å². The van der Waals surface area contributed by atoms with E-state index in [1.807, 2.05) is 0 Å². The van der Waals surface area contributed by atoms with Gasteiger partial charge in [0, 0.05) is 23.7 Å². The molecule has 0 spiro atoms. The van der Waals surface area contributed by atoms with Crippen LogP contribution in [0.15, 0.2) is 22.8 Å². The second-order valence-corrected chi connectivity index (χ2v) is 10.9. The molecule has 32 heavy (non-hydrogen) atoms. The quantitative estimate of drug-likeness (QED) is 0.618. The van der Waals surface area contributed by atoms with Crippen molar-refractivity contribution >= 4 is 29.1 Å². The van der Waals surface area contributed by atoms with Crippen molar-refractivity contribution < 1.29 is 33.7 Å². The summed E-state index contributed by atoms with van der Waals surface area (Å²) in [5.41, 5.74) is -3.42. The lowest BCUT2D eigenvalue weighted by molar-refractivity contribution is -0.187. The van der Waals surface area contributed by atoms with Gasteiger partial charge in [0.15, 0.2) is 12.4 Å². The van der Waals surface area contributed by atoms with Crippen molar-refractivity contribution in [2.75, 3.05) is 6.61 Å². The molecule has 0 saturated heterocycles. The second-order valence-electron chi connectivity index (χ2n) is 10.5. The number of alkyl halides is 1. The molecule has 3 fully saturated rings. The molecule has 0 amide bonds. The van der Waals surface area contributed by atoms with Gasteiger partial charge in [0.2, 0.25) is 5.78 Å². The average Bonchev–Trinajstić information content (AvgIpc) is 2.89. The normalized spacial score (nSPS) is 47.6. The van der Waals surface area contributed by atoms with Crippen molar-refractivity contribution in [2.24, 2.45) is 34.5 Å². The Morgan fingerprint density at radius 3 is 2.59 bits per heavy atom. The Hall–Kier alpha value is -1.57. The van der Waals surface area contributed by atoms with E-state index in [2.05, 4.69) is 0 Å². The van der Waals surface area contributed by atoms with Crippen LogP contribution in [0, 0.1) is 34.5 Å². The van der Waals surface area contributed by atoms with E-state index in [1.165, 1.54) is 13.0 Å². The third-order valence-corrected chi connectivity index (χ3v) is 9.24. The predicted molar refractivity (Wildman–Crippen MR) is 114 cm³/mol. The molecule has 0 heterocycles. The number of hydrogen-bond acceptors (Lipinski definition) is 6. The van der Waals surface area contributed by atoms with Crippen LogP contribution in [-0.4, -0.2) is 52.2 Å². The zero-order valence-corrected chi connectivity index (χ0v) is 19.5. The Bertz CT molecular complexity index is 945. The summed E-state index contributed by atoms with van der Waals surface area (Å²) in [7, 11) is 0. The van der Waals surface area contributed by atoms with Gasteiger partial charge in [0.25, 0.3) is 0 Å². The van der Waals surface area contributed by atoms with E-state index in [0.29, 0.717) is 12.0 Å². The summed E-state index contributed by atoms with van der Waals surface area (Å²) in [4.78, 5) is 36.4. The first-order valence-electron chi connectivity index (χ1n) is 11.1. The van der Waals surface area contributed by atoms with Gasteiger partial charge >= 0.3 is 5.97 Å². The molecule has 0 unspecified atom stereocenters. The molecule has 6 nitrogen and oxygen atoms in total. The van der Waals surface area contributed by atoms with Crippen molar-refractivity contribution in [1.29, 1.82) is 0 Å². The molecule has 8 heteroatoms. The number of rotatable bonds is 3. The molecule has 3 saturated carbocycles. The number of carbonyl (C=O) groups is 3. The summed E-state index contributed by atoms with van der Waals surface area (Å²) in [6.07, 6.45) is 1.20. The van der Waals surface area contributed by atoms with Crippen LogP contribution in [0.5, 0.6) is 0 Å². The molecular formula is C24H30ClFO6. The molecule has 0 aromatic rings. The molecule has 0 aromatic heterocycles. The maximum atomic E-state index is 15.4. The van der Waals surface area contributed by atoms with Gasteiger partial charge in [-0.2, -0.15) is 0 Å². The Morgan fingerprint density at radius 2 is 1.97 bits per heavy atom. The van der Waals surface area contributed by atoms with Crippen LogP contribution in [0.1, 0.15) is 47.0 Å². The molecule has 0 aliphatic heterocycles. The zero-order valence-electron chi connectivity index (χ0n) is 18.7. The Kier molecular flexibility index (Phi) is 5.51. The minimum Gasteiger partial charge on any atom is -0.458 e. The number of aliphatic hydroxyl groups is 2. The summed E-state index contributed by atoms with van der Waals surface area (Å²) < 4.78 is 20.3. The first-order chi connectivity index (χ1) is 14.8. The molecule has 4 aliphatic rings. The number of carbonyl (C=O) groups excluding carboxylic acids is 3. The highest BCUT2D eigenvalue weighted by molar-refractivity contribution is 6.44. The number of allylic oxidation sites excluding steroid dienone is 4. The minimum absolute atomic E-state index is 0.0116. The number of Topliss-reactive ketones (excluding diaryl/α,β-unsaturated/α-hetero) is 1. The molecule has 4 aliphatic carbocycles. The van der Waals surface area contributed by atoms with E-state index in [4.69, 9.17) is 16.3 Å². The van der Waals surface area contributed by atoms with Gasteiger partial charge in [-0.25, -0.2) is 4.39 Å².